The largest absolute Gasteiger partial charge is 0.462 e. The third-order valence-corrected chi connectivity index (χ3v) is 4.05. The Morgan fingerprint density at radius 1 is 1.22 bits per heavy atom. The zero-order chi connectivity index (χ0) is 20.2. The molecule has 0 aliphatic heterocycles. The normalized spacial score (nSPS) is 11.7. The van der Waals surface area contributed by atoms with E-state index in [4.69, 9.17) is 4.74 Å². The molecule has 0 saturated carbocycles. The maximum atomic E-state index is 12.6. The van der Waals surface area contributed by atoms with Gasteiger partial charge < -0.3 is 10.1 Å². The number of fused-ring (bicyclic) bond motifs is 1. The van der Waals surface area contributed by atoms with Gasteiger partial charge in [0, 0.05) is 17.5 Å². The summed E-state index contributed by atoms with van der Waals surface area (Å²) in [5.74, 6) is -0.448. The van der Waals surface area contributed by atoms with Crippen LogP contribution in [0.2, 0.25) is 0 Å². The molecule has 1 heterocycles. The number of aryl methyl sites for hydroxylation is 1. The molecule has 1 aromatic heterocycles. The van der Waals surface area contributed by atoms with Crippen LogP contribution in [0.4, 0.5) is 0 Å². The van der Waals surface area contributed by atoms with E-state index in [1.54, 1.807) is 6.92 Å². The van der Waals surface area contributed by atoms with Gasteiger partial charge in [0.05, 0.1) is 29.9 Å². The highest BCUT2D eigenvalue weighted by molar-refractivity contribution is 5.98. The van der Waals surface area contributed by atoms with Gasteiger partial charge in [0.25, 0.3) is 0 Å². The van der Waals surface area contributed by atoms with Gasteiger partial charge in [-0.1, -0.05) is 18.2 Å². The molecule has 6 heteroatoms. The number of benzene rings is 1. The number of pyridine rings is 1. The lowest BCUT2D eigenvalue weighted by Crippen LogP contribution is -2.45. The Morgan fingerprint density at radius 2 is 1.89 bits per heavy atom. The first-order chi connectivity index (χ1) is 12.6. The first-order valence-electron chi connectivity index (χ1n) is 9.17. The van der Waals surface area contributed by atoms with Crippen LogP contribution in [0.15, 0.2) is 24.3 Å². The van der Waals surface area contributed by atoms with Crippen molar-refractivity contribution < 1.29 is 14.3 Å². The van der Waals surface area contributed by atoms with Gasteiger partial charge in [0.15, 0.2) is 0 Å². The number of hydrogen-bond donors (Lipinski definition) is 1. The number of nitrogens with zero attached hydrogens (tertiary/aromatic N) is 2. The molecule has 0 aliphatic rings. The van der Waals surface area contributed by atoms with E-state index < -0.39 is 0 Å². The molecule has 0 bridgehead atoms. The summed E-state index contributed by atoms with van der Waals surface area (Å²) in [7, 11) is 1.84. The highest BCUT2D eigenvalue weighted by Crippen LogP contribution is 2.24. The molecule has 27 heavy (non-hydrogen) atoms. The van der Waals surface area contributed by atoms with Crippen LogP contribution in [-0.2, 0) is 16.1 Å². The summed E-state index contributed by atoms with van der Waals surface area (Å²) in [4.78, 5) is 31.3. The van der Waals surface area contributed by atoms with E-state index in [2.05, 4.69) is 10.3 Å². The summed E-state index contributed by atoms with van der Waals surface area (Å²) < 4.78 is 5.25. The van der Waals surface area contributed by atoms with Gasteiger partial charge >= 0.3 is 5.97 Å². The molecule has 1 amide bonds. The minimum atomic E-state index is -0.379. The average Bonchev–Trinajstić information content (AvgIpc) is 2.53. The van der Waals surface area contributed by atoms with Crippen LogP contribution in [0.5, 0.6) is 0 Å². The van der Waals surface area contributed by atoms with Crippen LogP contribution in [-0.4, -0.2) is 47.5 Å². The van der Waals surface area contributed by atoms with Gasteiger partial charge in [0.2, 0.25) is 5.91 Å². The van der Waals surface area contributed by atoms with Gasteiger partial charge in [0.1, 0.15) is 0 Å². The van der Waals surface area contributed by atoms with E-state index in [0.717, 1.165) is 16.5 Å². The molecule has 0 fully saturated rings. The fourth-order valence-corrected chi connectivity index (χ4v) is 3.04. The topological polar surface area (TPSA) is 71.5 Å². The fourth-order valence-electron chi connectivity index (χ4n) is 3.04. The highest BCUT2D eigenvalue weighted by Gasteiger charge is 2.22. The lowest BCUT2D eigenvalue weighted by molar-refractivity contribution is -0.123. The molecule has 0 unspecified atom stereocenters. The van der Waals surface area contributed by atoms with Crippen molar-refractivity contribution in [3.63, 3.8) is 0 Å². The summed E-state index contributed by atoms with van der Waals surface area (Å²) in [6.07, 6.45) is 0. The molecule has 1 N–H and O–H groups in total. The van der Waals surface area contributed by atoms with Crippen LogP contribution in [0.3, 0.4) is 0 Å². The van der Waals surface area contributed by atoms with E-state index in [-0.39, 0.29) is 24.0 Å². The molecule has 0 atom stereocenters. The molecule has 1 aromatic carbocycles. The number of ether oxygens (including phenoxy) is 1. The van der Waals surface area contributed by atoms with Crippen molar-refractivity contribution in [1.82, 2.24) is 15.2 Å². The molecule has 0 saturated heterocycles. The Kier molecular flexibility index (Phi) is 6.54. The molecule has 2 aromatic rings. The van der Waals surface area contributed by atoms with E-state index in [1.165, 1.54) is 0 Å². The Labute approximate surface area is 160 Å². The van der Waals surface area contributed by atoms with E-state index in [9.17, 15) is 9.59 Å². The lowest BCUT2D eigenvalue weighted by atomic mass is 10.0. The standard InChI is InChI=1S/C21H29N3O3/c1-7-27-20(26)19-14(2)15-10-8-9-11-16(15)22-17(19)12-24(6)13-18(25)23-21(3,4)5/h8-11H,7,12-13H2,1-6H3,(H,23,25). The second-order valence-electron chi connectivity index (χ2n) is 7.77. The van der Waals surface area contributed by atoms with E-state index in [0.29, 0.717) is 24.4 Å². The zero-order valence-electron chi connectivity index (χ0n) is 17.0. The zero-order valence-corrected chi connectivity index (χ0v) is 17.0. The van der Waals surface area contributed by atoms with Gasteiger partial charge in [-0.15, -0.1) is 0 Å². The monoisotopic (exact) mass is 371 g/mol. The number of nitrogens with one attached hydrogen (secondary N) is 1. The first kappa shape index (κ1) is 20.8. The predicted octanol–water partition coefficient (Wildman–Crippen LogP) is 3.07. The van der Waals surface area contributed by atoms with Gasteiger partial charge in [-0.05, 0) is 53.3 Å². The second-order valence-corrected chi connectivity index (χ2v) is 7.77. The Bertz CT molecular complexity index is 840. The van der Waals surface area contributed by atoms with Crippen molar-refractivity contribution in [1.29, 1.82) is 0 Å². The number of hydrogen-bond acceptors (Lipinski definition) is 5. The smallest absolute Gasteiger partial charge is 0.340 e. The van der Waals surface area contributed by atoms with E-state index >= 15 is 0 Å². The average molecular weight is 371 g/mol. The number of rotatable bonds is 6. The quantitative estimate of drug-likeness (QED) is 0.790. The molecule has 146 valence electrons. The Morgan fingerprint density at radius 3 is 2.52 bits per heavy atom. The van der Waals surface area contributed by atoms with Crippen molar-refractivity contribution in [2.24, 2.45) is 0 Å². The maximum absolute atomic E-state index is 12.6. The van der Waals surface area contributed by atoms with Crippen LogP contribution < -0.4 is 5.32 Å². The first-order valence-corrected chi connectivity index (χ1v) is 9.17. The maximum Gasteiger partial charge on any atom is 0.340 e. The van der Waals surface area contributed by atoms with Gasteiger partial charge in [-0.25, -0.2) is 4.79 Å². The summed E-state index contributed by atoms with van der Waals surface area (Å²) >= 11 is 0. The van der Waals surface area contributed by atoms with Crippen LogP contribution >= 0.6 is 0 Å². The second kappa shape index (κ2) is 8.48. The fraction of sp³-hybridized carbons (Fsp3) is 0.476. The Hall–Kier alpha value is -2.47. The van der Waals surface area contributed by atoms with Crippen molar-refractivity contribution in [3.8, 4) is 0 Å². The number of aromatic nitrogens is 1. The van der Waals surface area contributed by atoms with Crippen molar-refractivity contribution >= 4 is 22.8 Å². The lowest BCUT2D eigenvalue weighted by Gasteiger charge is -2.24. The highest BCUT2D eigenvalue weighted by atomic mass is 16.5. The summed E-state index contributed by atoms with van der Waals surface area (Å²) in [5.41, 5.74) is 2.49. The van der Waals surface area contributed by atoms with Crippen molar-refractivity contribution in [3.05, 3.63) is 41.1 Å². The third kappa shape index (κ3) is 5.50. The Balaban J connectivity index is 2.34. The SMILES string of the molecule is CCOC(=O)c1c(CN(C)CC(=O)NC(C)(C)C)nc2ccccc2c1C. The minimum absolute atomic E-state index is 0.0693. The number of carbonyl (C=O) groups is 2. The number of amides is 1. The third-order valence-electron chi connectivity index (χ3n) is 4.05. The minimum Gasteiger partial charge on any atom is -0.462 e. The van der Waals surface area contributed by atoms with Crippen LogP contribution in [0, 0.1) is 6.92 Å². The number of esters is 1. The summed E-state index contributed by atoms with van der Waals surface area (Å²) in [6.45, 7) is 10.4. The van der Waals surface area contributed by atoms with Crippen LogP contribution in [0.25, 0.3) is 10.9 Å². The van der Waals surface area contributed by atoms with Crippen molar-refractivity contribution in [2.45, 2.75) is 46.7 Å². The van der Waals surface area contributed by atoms with Crippen molar-refractivity contribution in [2.75, 3.05) is 20.2 Å². The summed E-state index contributed by atoms with van der Waals surface area (Å²) in [6, 6.07) is 7.72. The predicted molar refractivity (Wildman–Crippen MR) is 107 cm³/mol. The number of para-hydroxylation sites is 1. The molecule has 0 aliphatic carbocycles. The summed E-state index contributed by atoms with van der Waals surface area (Å²) in [5, 5.41) is 3.87. The molecular weight excluding hydrogens is 342 g/mol. The molecule has 0 spiro atoms. The molecule has 6 nitrogen and oxygen atoms in total. The van der Waals surface area contributed by atoms with E-state index in [1.807, 2.05) is 63.9 Å². The van der Waals surface area contributed by atoms with Crippen LogP contribution in [0.1, 0.15) is 49.3 Å². The number of likely N-dealkylation sites (N-methyl/N-ethyl adjacent to an activating group) is 1. The molecule has 0 radical (unpaired) electrons. The number of carbonyl (C=O) groups excluding carboxylic acids is 2. The molecule has 2 rings (SSSR count). The molecular formula is C21H29N3O3. The van der Waals surface area contributed by atoms with Gasteiger partial charge in [-0.3, -0.25) is 14.7 Å². The van der Waals surface area contributed by atoms with Gasteiger partial charge in [-0.2, -0.15) is 0 Å².